The van der Waals surface area contributed by atoms with Crippen molar-refractivity contribution < 1.29 is 19.2 Å². The van der Waals surface area contributed by atoms with E-state index >= 15 is 0 Å². The van der Waals surface area contributed by atoms with E-state index in [1.54, 1.807) is 0 Å². The third kappa shape index (κ3) is 8.33. The number of carbonyl (C=O) groups excluding carboxylic acids is 4. The lowest BCUT2D eigenvalue weighted by atomic mass is 10.00. The van der Waals surface area contributed by atoms with E-state index in [0.29, 0.717) is 0 Å². The van der Waals surface area contributed by atoms with Crippen LogP contribution in [0, 0.1) is 5.92 Å². The van der Waals surface area contributed by atoms with Crippen molar-refractivity contribution in [3.63, 3.8) is 0 Å². The fourth-order valence-electron chi connectivity index (χ4n) is 3.69. The van der Waals surface area contributed by atoms with Gasteiger partial charge in [0.25, 0.3) is 5.91 Å². The summed E-state index contributed by atoms with van der Waals surface area (Å²) in [4.78, 5) is 49.9. The van der Waals surface area contributed by atoms with Crippen LogP contribution in [-0.2, 0) is 32.0 Å². The summed E-state index contributed by atoms with van der Waals surface area (Å²) >= 11 is 0.775. The zero-order valence-electron chi connectivity index (χ0n) is 20.1. The zero-order valence-corrected chi connectivity index (χ0v) is 20.9. The molecule has 0 bridgehead atoms. The molecule has 0 heterocycles. The molecule has 3 amide bonds. The van der Waals surface area contributed by atoms with Crippen LogP contribution in [0.2, 0.25) is 0 Å². The summed E-state index contributed by atoms with van der Waals surface area (Å²) in [5, 5.41) is 7.90. The van der Waals surface area contributed by atoms with Crippen LogP contribution in [0.3, 0.4) is 0 Å². The highest BCUT2D eigenvalue weighted by Crippen LogP contribution is 2.31. The van der Waals surface area contributed by atoms with E-state index in [0.717, 1.165) is 22.9 Å². The van der Waals surface area contributed by atoms with Gasteiger partial charge in [-0.3, -0.25) is 19.2 Å². The summed E-state index contributed by atoms with van der Waals surface area (Å²) in [6.45, 7) is 5.18. The molecule has 0 aliphatic heterocycles. The van der Waals surface area contributed by atoms with E-state index in [9.17, 15) is 19.2 Å². The molecule has 0 aromatic heterocycles. The second-order valence-electron chi connectivity index (χ2n) is 8.56. The molecule has 2 rings (SSSR count). The molecule has 0 saturated heterocycles. The standard InChI is InChI=1S/C26H33N3O4S/c1-18(2)17-26(34-19(3)30,29-23(31)16-21-13-9-6-10-14-21)25(33)28-22(24(32)27-4)15-20-11-7-5-8-12-20/h5-14,18,22H,15-17H2,1-4H3,(H,27,32)(H,28,33)(H,29,31)/t22-,26+/m0/s1. The van der Waals surface area contributed by atoms with Crippen LogP contribution in [0.25, 0.3) is 0 Å². The molecular weight excluding hydrogens is 450 g/mol. The number of benzene rings is 2. The molecule has 2 atom stereocenters. The Bertz CT molecular complexity index is 982. The van der Waals surface area contributed by atoms with Gasteiger partial charge in [0.1, 0.15) is 6.04 Å². The molecule has 0 saturated carbocycles. The van der Waals surface area contributed by atoms with Crippen LogP contribution in [0.15, 0.2) is 60.7 Å². The molecule has 0 radical (unpaired) electrons. The lowest BCUT2D eigenvalue weighted by molar-refractivity contribution is -0.133. The Morgan fingerprint density at radius 3 is 1.97 bits per heavy atom. The van der Waals surface area contributed by atoms with Crippen LogP contribution in [0.5, 0.6) is 0 Å². The summed E-state index contributed by atoms with van der Waals surface area (Å²) in [7, 11) is 1.50. The van der Waals surface area contributed by atoms with Gasteiger partial charge in [-0.15, -0.1) is 0 Å². The molecule has 0 aliphatic carbocycles. The molecule has 0 spiro atoms. The SMILES string of the molecule is CNC(=O)[C@H](Cc1ccccc1)NC(=O)[C@](CC(C)C)(NC(=O)Cc1ccccc1)SC(C)=O. The van der Waals surface area contributed by atoms with Gasteiger partial charge in [0.2, 0.25) is 11.8 Å². The van der Waals surface area contributed by atoms with E-state index in [4.69, 9.17) is 0 Å². The normalized spacial score (nSPS) is 13.4. The topological polar surface area (TPSA) is 104 Å². The first-order valence-electron chi connectivity index (χ1n) is 11.3. The molecule has 3 N–H and O–H groups in total. The van der Waals surface area contributed by atoms with Crippen molar-refractivity contribution in [1.82, 2.24) is 16.0 Å². The molecule has 0 unspecified atom stereocenters. The lowest BCUT2D eigenvalue weighted by Gasteiger charge is -2.34. The fraction of sp³-hybridized carbons (Fsp3) is 0.385. The minimum Gasteiger partial charge on any atom is -0.357 e. The van der Waals surface area contributed by atoms with Crippen molar-refractivity contribution in [2.75, 3.05) is 7.05 Å². The summed E-state index contributed by atoms with van der Waals surface area (Å²) < 4.78 is 0. The van der Waals surface area contributed by atoms with Crippen LogP contribution >= 0.6 is 11.8 Å². The van der Waals surface area contributed by atoms with E-state index < -0.39 is 16.8 Å². The molecule has 0 aliphatic rings. The third-order valence-corrected chi connectivity index (χ3v) is 6.17. The first-order valence-corrected chi connectivity index (χ1v) is 12.1. The van der Waals surface area contributed by atoms with Gasteiger partial charge in [0.15, 0.2) is 9.99 Å². The number of thioether (sulfide) groups is 1. The average Bonchev–Trinajstić information content (AvgIpc) is 2.78. The number of carbonyl (C=O) groups is 4. The van der Waals surface area contributed by atoms with Gasteiger partial charge < -0.3 is 16.0 Å². The Labute approximate surface area is 205 Å². The Kier molecular flexibility index (Phi) is 10.3. The highest BCUT2D eigenvalue weighted by Gasteiger charge is 2.44. The fourth-order valence-corrected chi connectivity index (χ4v) is 4.92. The van der Waals surface area contributed by atoms with Crippen molar-refractivity contribution in [3.8, 4) is 0 Å². The Hall–Kier alpha value is -3.13. The van der Waals surface area contributed by atoms with Crippen molar-refractivity contribution in [2.45, 2.75) is 50.9 Å². The quantitative estimate of drug-likeness (QED) is 0.427. The minimum atomic E-state index is -1.55. The molecule has 2 aromatic rings. The van der Waals surface area contributed by atoms with E-state index in [1.165, 1.54) is 14.0 Å². The van der Waals surface area contributed by atoms with Gasteiger partial charge in [-0.05, 0) is 23.5 Å². The Balaban J connectivity index is 2.33. The van der Waals surface area contributed by atoms with E-state index in [-0.39, 0.29) is 42.1 Å². The van der Waals surface area contributed by atoms with Gasteiger partial charge in [0, 0.05) is 20.4 Å². The highest BCUT2D eigenvalue weighted by atomic mass is 32.2. The summed E-state index contributed by atoms with van der Waals surface area (Å²) in [5.41, 5.74) is 1.66. The van der Waals surface area contributed by atoms with Gasteiger partial charge in [0.05, 0.1) is 6.42 Å². The average molecular weight is 484 g/mol. The van der Waals surface area contributed by atoms with Crippen LogP contribution < -0.4 is 16.0 Å². The molecule has 182 valence electrons. The number of rotatable bonds is 11. The zero-order chi connectivity index (χ0) is 25.1. The van der Waals surface area contributed by atoms with Crippen molar-refractivity contribution in [2.24, 2.45) is 5.92 Å². The largest absolute Gasteiger partial charge is 0.357 e. The number of amides is 3. The van der Waals surface area contributed by atoms with Gasteiger partial charge in [-0.25, -0.2) is 0 Å². The van der Waals surface area contributed by atoms with Gasteiger partial charge >= 0.3 is 0 Å². The van der Waals surface area contributed by atoms with Crippen molar-refractivity contribution in [3.05, 3.63) is 71.8 Å². The van der Waals surface area contributed by atoms with E-state index in [2.05, 4.69) is 16.0 Å². The second-order valence-corrected chi connectivity index (χ2v) is 10.0. The molecule has 0 fully saturated rings. The number of hydrogen-bond acceptors (Lipinski definition) is 5. The van der Waals surface area contributed by atoms with Crippen LogP contribution in [-0.4, -0.2) is 40.8 Å². The molecule has 8 heteroatoms. The first-order chi connectivity index (χ1) is 16.1. The van der Waals surface area contributed by atoms with E-state index in [1.807, 2.05) is 74.5 Å². The maximum absolute atomic E-state index is 13.7. The van der Waals surface area contributed by atoms with Gasteiger partial charge in [-0.1, -0.05) is 86.3 Å². The monoisotopic (exact) mass is 483 g/mol. The Morgan fingerprint density at radius 1 is 0.912 bits per heavy atom. The highest BCUT2D eigenvalue weighted by molar-refractivity contribution is 8.15. The second kappa shape index (κ2) is 12.9. The number of likely N-dealkylation sites (N-methyl/N-ethyl adjacent to an activating group) is 1. The summed E-state index contributed by atoms with van der Waals surface area (Å²) in [6.07, 6.45) is 0.553. The summed E-state index contributed by atoms with van der Waals surface area (Å²) in [6, 6.07) is 17.6. The van der Waals surface area contributed by atoms with Crippen LogP contribution in [0.4, 0.5) is 0 Å². The molecular formula is C26H33N3O4S. The third-order valence-electron chi connectivity index (χ3n) is 5.08. The predicted molar refractivity (Wildman–Crippen MR) is 135 cm³/mol. The maximum atomic E-state index is 13.7. The van der Waals surface area contributed by atoms with Crippen molar-refractivity contribution in [1.29, 1.82) is 0 Å². The first kappa shape index (κ1) is 27.1. The Morgan fingerprint density at radius 2 is 1.47 bits per heavy atom. The predicted octanol–water partition coefficient (Wildman–Crippen LogP) is 2.84. The summed E-state index contributed by atoms with van der Waals surface area (Å²) in [5.74, 6) is -1.33. The molecule has 2 aromatic carbocycles. The minimum absolute atomic E-state index is 0.0119. The van der Waals surface area contributed by atoms with Gasteiger partial charge in [-0.2, -0.15) is 0 Å². The maximum Gasteiger partial charge on any atom is 0.257 e. The van der Waals surface area contributed by atoms with Crippen molar-refractivity contribution >= 4 is 34.6 Å². The lowest BCUT2D eigenvalue weighted by Crippen LogP contribution is -2.61. The molecule has 7 nitrogen and oxygen atoms in total. The smallest absolute Gasteiger partial charge is 0.257 e. The van der Waals surface area contributed by atoms with Crippen LogP contribution in [0.1, 0.15) is 38.3 Å². The number of nitrogens with one attached hydrogen (secondary N) is 3. The number of hydrogen-bond donors (Lipinski definition) is 3. The molecule has 34 heavy (non-hydrogen) atoms.